The molecule has 0 atom stereocenters. The quantitative estimate of drug-likeness (QED) is 0.496. The van der Waals surface area contributed by atoms with E-state index in [0.29, 0.717) is 34.0 Å². The van der Waals surface area contributed by atoms with Crippen LogP contribution in [0.2, 0.25) is 5.02 Å². The van der Waals surface area contributed by atoms with Gasteiger partial charge in [0, 0.05) is 16.1 Å². The normalized spacial score (nSPS) is 11.5. The van der Waals surface area contributed by atoms with Crippen molar-refractivity contribution in [3.05, 3.63) is 64.4 Å². The van der Waals surface area contributed by atoms with Gasteiger partial charge in [-0.05, 0) is 36.8 Å². The molecule has 0 radical (unpaired) electrons. The van der Waals surface area contributed by atoms with E-state index in [4.69, 9.17) is 21.5 Å². The Balaban J connectivity index is 2.23. The van der Waals surface area contributed by atoms with Gasteiger partial charge in [-0.15, -0.1) is 0 Å². The fourth-order valence-electron chi connectivity index (χ4n) is 1.96. The van der Waals surface area contributed by atoms with Gasteiger partial charge in [-0.1, -0.05) is 35.8 Å². The van der Waals surface area contributed by atoms with Gasteiger partial charge in [-0.2, -0.15) is 0 Å². The second-order valence-electron chi connectivity index (χ2n) is 4.42. The predicted octanol–water partition coefficient (Wildman–Crippen LogP) is 4.65. The number of para-hydroxylation sites is 1. The van der Waals surface area contributed by atoms with E-state index in [1.54, 1.807) is 12.1 Å². The standard InChI is InChI=1S/C16H15ClFNO2/c1-2-15(19-20)13-5-3-4-6-16(13)21-10-11-9-12(18)7-8-14(11)17/h3-9,20H,2,10H2,1H3/b19-15-. The summed E-state index contributed by atoms with van der Waals surface area (Å²) in [4.78, 5) is 0. The summed E-state index contributed by atoms with van der Waals surface area (Å²) in [5, 5.41) is 12.8. The summed E-state index contributed by atoms with van der Waals surface area (Å²) in [6.45, 7) is 2.02. The SMILES string of the molecule is CC/C(=N/O)c1ccccc1OCc1cc(F)ccc1Cl. The van der Waals surface area contributed by atoms with Gasteiger partial charge in [0.25, 0.3) is 0 Å². The molecule has 2 aromatic carbocycles. The summed E-state index contributed by atoms with van der Waals surface area (Å²) in [5.41, 5.74) is 1.79. The number of oxime groups is 1. The molecule has 1 N–H and O–H groups in total. The average molecular weight is 308 g/mol. The van der Waals surface area contributed by atoms with Crippen molar-refractivity contribution in [2.75, 3.05) is 0 Å². The number of rotatable bonds is 5. The third kappa shape index (κ3) is 3.73. The monoisotopic (exact) mass is 307 g/mol. The van der Waals surface area contributed by atoms with Crippen LogP contribution in [0.1, 0.15) is 24.5 Å². The minimum atomic E-state index is -0.363. The van der Waals surface area contributed by atoms with Crippen LogP contribution in [0.25, 0.3) is 0 Å². The van der Waals surface area contributed by atoms with Crippen LogP contribution >= 0.6 is 11.6 Å². The van der Waals surface area contributed by atoms with Crippen LogP contribution in [-0.4, -0.2) is 10.9 Å². The Bertz CT molecular complexity index is 658. The van der Waals surface area contributed by atoms with E-state index in [-0.39, 0.29) is 12.4 Å². The maximum absolute atomic E-state index is 13.2. The smallest absolute Gasteiger partial charge is 0.128 e. The maximum atomic E-state index is 13.2. The van der Waals surface area contributed by atoms with Crippen LogP contribution in [-0.2, 0) is 6.61 Å². The molecular weight excluding hydrogens is 293 g/mol. The van der Waals surface area contributed by atoms with Crippen molar-refractivity contribution in [1.29, 1.82) is 0 Å². The summed E-state index contributed by atoms with van der Waals surface area (Å²) >= 11 is 6.01. The summed E-state index contributed by atoms with van der Waals surface area (Å²) < 4.78 is 18.9. The van der Waals surface area contributed by atoms with E-state index in [0.717, 1.165) is 0 Å². The Morgan fingerprint density at radius 1 is 1.29 bits per heavy atom. The molecule has 0 bridgehead atoms. The van der Waals surface area contributed by atoms with Crippen molar-refractivity contribution in [3.63, 3.8) is 0 Å². The Morgan fingerprint density at radius 3 is 2.76 bits per heavy atom. The summed E-state index contributed by atoms with van der Waals surface area (Å²) in [7, 11) is 0. The topological polar surface area (TPSA) is 41.8 Å². The van der Waals surface area contributed by atoms with Crippen LogP contribution in [0.4, 0.5) is 4.39 Å². The lowest BCUT2D eigenvalue weighted by Gasteiger charge is -2.12. The second-order valence-corrected chi connectivity index (χ2v) is 4.83. The third-order valence-corrected chi connectivity index (χ3v) is 3.41. The zero-order valence-electron chi connectivity index (χ0n) is 11.5. The first kappa shape index (κ1) is 15.3. The van der Waals surface area contributed by atoms with Gasteiger partial charge in [0.1, 0.15) is 18.2 Å². The summed E-state index contributed by atoms with van der Waals surface area (Å²) in [6.07, 6.45) is 0.567. The fraction of sp³-hybridized carbons (Fsp3) is 0.188. The predicted molar refractivity (Wildman–Crippen MR) is 80.8 cm³/mol. The van der Waals surface area contributed by atoms with Gasteiger partial charge in [0.2, 0.25) is 0 Å². The molecule has 0 aromatic heterocycles. The lowest BCUT2D eigenvalue weighted by Crippen LogP contribution is -2.05. The molecule has 0 heterocycles. The van der Waals surface area contributed by atoms with Gasteiger partial charge in [-0.25, -0.2) is 4.39 Å². The van der Waals surface area contributed by atoms with E-state index in [2.05, 4.69) is 5.16 Å². The van der Waals surface area contributed by atoms with Crippen LogP contribution < -0.4 is 4.74 Å². The van der Waals surface area contributed by atoms with Crippen LogP contribution in [0.5, 0.6) is 5.75 Å². The summed E-state index contributed by atoms with van der Waals surface area (Å²) in [5.74, 6) is 0.199. The van der Waals surface area contributed by atoms with Crippen molar-refractivity contribution >= 4 is 17.3 Å². The highest BCUT2D eigenvalue weighted by atomic mass is 35.5. The Morgan fingerprint density at radius 2 is 2.05 bits per heavy atom. The molecule has 0 aliphatic rings. The Hall–Kier alpha value is -2.07. The van der Waals surface area contributed by atoms with Gasteiger partial charge >= 0.3 is 0 Å². The zero-order chi connectivity index (χ0) is 15.2. The molecule has 2 aromatic rings. The molecular formula is C16H15ClFNO2. The number of hydrogen-bond donors (Lipinski definition) is 1. The van der Waals surface area contributed by atoms with Crippen molar-refractivity contribution in [2.24, 2.45) is 5.16 Å². The first-order chi connectivity index (χ1) is 10.2. The van der Waals surface area contributed by atoms with Gasteiger partial charge < -0.3 is 9.94 Å². The van der Waals surface area contributed by atoms with E-state index < -0.39 is 0 Å². The van der Waals surface area contributed by atoms with Gasteiger partial charge in [0.15, 0.2) is 0 Å². The van der Waals surface area contributed by atoms with E-state index in [1.165, 1.54) is 18.2 Å². The average Bonchev–Trinajstić information content (AvgIpc) is 2.50. The number of benzene rings is 2. The molecule has 0 saturated carbocycles. The molecule has 21 heavy (non-hydrogen) atoms. The minimum Gasteiger partial charge on any atom is -0.488 e. The molecule has 0 saturated heterocycles. The van der Waals surface area contributed by atoms with Crippen LogP contribution in [0.15, 0.2) is 47.6 Å². The van der Waals surface area contributed by atoms with Gasteiger partial charge in [0.05, 0.1) is 5.71 Å². The lowest BCUT2D eigenvalue weighted by atomic mass is 10.1. The molecule has 0 unspecified atom stereocenters. The maximum Gasteiger partial charge on any atom is 0.128 e. The zero-order valence-corrected chi connectivity index (χ0v) is 12.3. The molecule has 0 aliphatic carbocycles. The van der Waals surface area contributed by atoms with E-state index >= 15 is 0 Å². The number of hydrogen-bond acceptors (Lipinski definition) is 3. The second kappa shape index (κ2) is 7.09. The fourth-order valence-corrected chi connectivity index (χ4v) is 2.13. The number of halogens is 2. The van der Waals surface area contributed by atoms with Gasteiger partial charge in [-0.3, -0.25) is 0 Å². The highest BCUT2D eigenvalue weighted by Gasteiger charge is 2.10. The first-order valence-corrected chi connectivity index (χ1v) is 6.90. The minimum absolute atomic E-state index is 0.135. The van der Waals surface area contributed by atoms with Crippen molar-refractivity contribution < 1.29 is 14.3 Å². The largest absolute Gasteiger partial charge is 0.488 e. The highest BCUT2D eigenvalue weighted by molar-refractivity contribution is 6.31. The van der Waals surface area contributed by atoms with Crippen molar-refractivity contribution in [3.8, 4) is 5.75 Å². The number of ether oxygens (including phenoxy) is 1. The lowest BCUT2D eigenvalue weighted by molar-refractivity contribution is 0.302. The third-order valence-electron chi connectivity index (χ3n) is 3.04. The van der Waals surface area contributed by atoms with E-state index in [1.807, 2.05) is 19.1 Å². The molecule has 0 fully saturated rings. The highest BCUT2D eigenvalue weighted by Crippen LogP contribution is 2.24. The van der Waals surface area contributed by atoms with E-state index in [9.17, 15) is 4.39 Å². The molecule has 5 heteroatoms. The molecule has 0 amide bonds. The first-order valence-electron chi connectivity index (χ1n) is 6.52. The molecule has 110 valence electrons. The molecule has 0 spiro atoms. The summed E-state index contributed by atoms with van der Waals surface area (Å²) in [6, 6.07) is 11.4. The number of nitrogens with zero attached hydrogens (tertiary/aromatic N) is 1. The molecule has 3 nitrogen and oxygen atoms in total. The van der Waals surface area contributed by atoms with Crippen molar-refractivity contribution in [1.82, 2.24) is 0 Å². The Kier molecular flexibility index (Phi) is 5.17. The Labute approximate surface area is 127 Å². The van der Waals surface area contributed by atoms with Crippen LogP contribution in [0.3, 0.4) is 0 Å². The van der Waals surface area contributed by atoms with Crippen LogP contribution in [0, 0.1) is 5.82 Å². The molecule has 0 aliphatic heterocycles. The molecule has 2 rings (SSSR count). The van der Waals surface area contributed by atoms with Crippen molar-refractivity contribution in [2.45, 2.75) is 20.0 Å².